The quantitative estimate of drug-likeness (QED) is 0.728. The molecular formula is C19H15NO5. The maximum Gasteiger partial charge on any atom is 0.336 e. The first-order valence-corrected chi connectivity index (χ1v) is 7.84. The number of anilines is 1. The SMILES string of the molecule is Cc1cc(=O)oc2cc(NC(=O)[C@@H]3COc4ccccc4O3)ccc12. The molecule has 1 aromatic heterocycles. The Hall–Kier alpha value is -3.28. The molecule has 0 saturated heterocycles. The van der Waals surface area contributed by atoms with Crippen LogP contribution >= 0.6 is 0 Å². The monoisotopic (exact) mass is 337 g/mol. The van der Waals surface area contributed by atoms with Crippen LogP contribution in [0.15, 0.2) is 57.7 Å². The van der Waals surface area contributed by atoms with Crippen LogP contribution in [0.2, 0.25) is 0 Å². The summed E-state index contributed by atoms with van der Waals surface area (Å²) < 4.78 is 16.4. The largest absolute Gasteiger partial charge is 0.485 e. The molecule has 4 rings (SSSR count). The maximum absolute atomic E-state index is 12.4. The molecule has 1 aliphatic rings. The third-order valence-corrected chi connectivity index (χ3v) is 4.02. The number of amides is 1. The lowest BCUT2D eigenvalue weighted by Gasteiger charge is -2.25. The molecule has 3 aromatic rings. The van der Waals surface area contributed by atoms with Crippen LogP contribution in [0.25, 0.3) is 11.0 Å². The fourth-order valence-corrected chi connectivity index (χ4v) is 2.77. The molecule has 0 aliphatic carbocycles. The summed E-state index contributed by atoms with van der Waals surface area (Å²) in [5.41, 5.74) is 1.35. The molecule has 0 saturated carbocycles. The van der Waals surface area contributed by atoms with Gasteiger partial charge < -0.3 is 19.2 Å². The zero-order valence-corrected chi connectivity index (χ0v) is 13.4. The van der Waals surface area contributed by atoms with Gasteiger partial charge in [0.1, 0.15) is 12.2 Å². The van der Waals surface area contributed by atoms with Gasteiger partial charge in [0.15, 0.2) is 11.5 Å². The van der Waals surface area contributed by atoms with E-state index in [0.717, 1.165) is 10.9 Å². The van der Waals surface area contributed by atoms with E-state index < -0.39 is 11.7 Å². The molecule has 1 amide bonds. The molecule has 2 heterocycles. The molecule has 1 aliphatic heterocycles. The minimum Gasteiger partial charge on any atom is -0.485 e. The van der Waals surface area contributed by atoms with E-state index in [9.17, 15) is 9.59 Å². The lowest BCUT2D eigenvalue weighted by molar-refractivity contribution is -0.125. The summed E-state index contributed by atoms with van der Waals surface area (Å²) in [4.78, 5) is 24.0. The Balaban J connectivity index is 1.55. The Bertz CT molecular complexity index is 1020. The number of benzene rings is 2. The van der Waals surface area contributed by atoms with Gasteiger partial charge in [-0.05, 0) is 36.8 Å². The van der Waals surface area contributed by atoms with E-state index >= 15 is 0 Å². The topological polar surface area (TPSA) is 77.8 Å². The molecule has 0 radical (unpaired) electrons. The second-order valence-corrected chi connectivity index (χ2v) is 5.81. The highest BCUT2D eigenvalue weighted by atomic mass is 16.6. The van der Waals surface area contributed by atoms with E-state index in [1.165, 1.54) is 6.07 Å². The van der Waals surface area contributed by atoms with Crippen LogP contribution in [0.4, 0.5) is 5.69 Å². The van der Waals surface area contributed by atoms with Crippen LogP contribution < -0.4 is 20.4 Å². The Morgan fingerprint density at radius 1 is 1.12 bits per heavy atom. The number of carbonyl (C=O) groups excluding carboxylic acids is 1. The summed E-state index contributed by atoms with van der Waals surface area (Å²) in [6, 6.07) is 13.8. The van der Waals surface area contributed by atoms with Crippen molar-refractivity contribution in [2.75, 3.05) is 11.9 Å². The lowest BCUT2D eigenvalue weighted by Crippen LogP contribution is -2.40. The molecule has 1 atom stereocenters. The maximum atomic E-state index is 12.4. The van der Waals surface area contributed by atoms with Gasteiger partial charge in [0.05, 0.1) is 0 Å². The molecule has 0 bridgehead atoms. The average Bonchev–Trinajstić information content (AvgIpc) is 2.60. The van der Waals surface area contributed by atoms with E-state index in [-0.39, 0.29) is 12.5 Å². The summed E-state index contributed by atoms with van der Waals surface area (Å²) in [6.07, 6.45) is -0.755. The van der Waals surface area contributed by atoms with Crippen molar-refractivity contribution in [3.8, 4) is 11.5 Å². The van der Waals surface area contributed by atoms with E-state index in [4.69, 9.17) is 13.9 Å². The first kappa shape index (κ1) is 15.3. The first-order valence-electron chi connectivity index (χ1n) is 7.84. The highest BCUT2D eigenvalue weighted by molar-refractivity contribution is 5.96. The van der Waals surface area contributed by atoms with Crippen LogP contribution in [0.3, 0.4) is 0 Å². The van der Waals surface area contributed by atoms with E-state index in [1.54, 1.807) is 30.3 Å². The van der Waals surface area contributed by atoms with Gasteiger partial charge in [0, 0.05) is 23.2 Å². The molecule has 6 heteroatoms. The smallest absolute Gasteiger partial charge is 0.336 e. The summed E-state index contributed by atoms with van der Waals surface area (Å²) >= 11 is 0. The predicted octanol–water partition coefficient (Wildman–Crippen LogP) is 2.88. The van der Waals surface area contributed by atoms with Gasteiger partial charge in [-0.25, -0.2) is 4.79 Å². The molecule has 0 unspecified atom stereocenters. The molecule has 6 nitrogen and oxygen atoms in total. The zero-order chi connectivity index (χ0) is 17.4. The molecule has 0 spiro atoms. The minimum absolute atomic E-state index is 0.130. The van der Waals surface area contributed by atoms with Crippen molar-refractivity contribution < 1.29 is 18.7 Å². The third kappa shape index (κ3) is 2.94. The van der Waals surface area contributed by atoms with Gasteiger partial charge in [-0.1, -0.05) is 12.1 Å². The van der Waals surface area contributed by atoms with Crippen molar-refractivity contribution in [1.29, 1.82) is 0 Å². The van der Waals surface area contributed by atoms with Crippen molar-refractivity contribution in [3.63, 3.8) is 0 Å². The van der Waals surface area contributed by atoms with Crippen molar-refractivity contribution >= 4 is 22.6 Å². The minimum atomic E-state index is -0.755. The normalized spacial score (nSPS) is 15.8. The van der Waals surface area contributed by atoms with Gasteiger partial charge in [0.25, 0.3) is 5.91 Å². The Morgan fingerprint density at radius 3 is 2.76 bits per heavy atom. The number of fused-ring (bicyclic) bond motifs is 2. The standard InChI is InChI=1S/C19H15NO5/c1-11-8-18(21)25-16-9-12(6-7-13(11)16)20-19(22)17-10-23-14-4-2-3-5-15(14)24-17/h2-9,17H,10H2,1H3,(H,20,22)/t17-/m0/s1. The molecule has 0 fully saturated rings. The number of aryl methyl sites for hydroxylation is 1. The van der Waals surface area contributed by atoms with Crippen molar-refractivity contribution in [1.82, 2.24) is 0 Å². The van der Waals surface area contributed by atoms with E-state index in [2.05, 4.69) is 5.32 Å². The predicted molar refractivity (Wildman–Crippen MR) is 92.2 cm³/mol. The fourth-order valence-electron chi connectivity index (χ4n) is 2.77. The van der Waals surface area contributed by atoms with E-state index in [0.29, 0.717) is 22.8 Å². The second kappa shape index (κ2) is 5.98. The molecule has 1 N–H and O–H groups in total. The Labute approximate surface area is 143 Å². The number of para-hydroxylation sites is 2. The lowest BCUT2D eigenvalue weighted by atomic mass is 10.1. The molecule has 25 heavy (non-hydrogen) atoms. The Kier molecular flexibility index (Phi) is 3.65. The fraction of sp³-hybridized carbons (Fsp3) is 0.158. The van der Waals surface area contributed by atoms with Gasteiger partial charge >= 0.3 is 5.63 Å². The van der Waals surface area contributed by atoms with Crippen LogP contribution in [0.5, 0.6) is 11.5 Å². The van der Waals surface area contributed by atoms with Crippen LogP contribution in [0, 0.1) is 6.92 Å². The number of rotatable bonds is 2. The zero-order valence-electron chi connectivity index (χ0n) is 13.4. The van der Waals surface area contributed by atoms with Gasteiger partial charge in [-0.15, -0.1) is 0 Å². The number of nitrogens with one attached hydrogen (secondary N) is 1. The highest BCUT2D eigenvalue weighted by Crippen LogP contribution is 2.31. The summed E-state index contributed by atoms with van der Waals surface area (Å²) in [6.45, 7) is 1.97. The van der Waals surface area contributed by atoms with Gasteiger partial charge in [-0.2, -0.15) is 0 Å². The number of ether oxygens (including phenoxy) is 2. The summed E-state index contributed by atoms with van der Waals surface area (Å²) in [5, 5.41) is 3.59. The van der Waals surface area contributed by atoms with Crippen molar-refractivity contribution in [3.05, 3.63) is 64.5 Å². The highest BCUT2D eigenvalue weighted by Gasteiger charge is 2.27. The third-order valence-electron chi connectivity index (χ3n) is 4.02. The molecular weight excluding hydrogens is 322 g/mol. The van der Waals surface area contributed by atoms with Crippen LogP contribution in [-0.4, -0.2) is 18.6 Å². The van der Waals surface area contributed by atoms with Crippen molar-refractivity contribution in [2.45, 2.75) is 13.0 Å². The number of carbonyl (C=O) groups is 1. The summed E-state index contributed by atoms with van der Waals surface area (Å²) in [7, 11) is 0. The van der Waals surface area contributed by atoms with E-state index in [1.807, 2.05) is 19.1 Å². The second-order valence-electron chi connectivity index (χ2n) is 5.81. The van der Waals surface area contributed by atoms with Crippen LogP contribution in [-0.2, 0) is 4.79 Å². The number of hydrogen-bond acceptors (Lipinski definition) is 5. The van der Waals surface area contributed by atoms with Gasteiger partial charge in [0.2, 0.25) is 6.10 Å². The molecule has 2 aromatic carbocycles. The average molecular weight is 337 g/mol. The van der Waals surface area contributed by atoms with Crippen molar-refractivity contribution in [2.24, 2.45) is 0 Å². The summed E-state index contributed by atoms with van der Waals surface area (Å²) in [5.74, 6) is 0.826. The number of hydrogen-bond donors (Lipinski definition) is 1. The first-order chi connectivity index (χ1) is 12.1. The molecule has 126 valence electrons. The Morgan fingerprint density at radius 2 is 1.92 bits per heavy atom. The van der Waals surface area contributed by atoms with Gasteiger partial charge in [-0.3, -0.25) is 4.79 Å². The van der Waals surface area contributed by atoms with Crippen LogP contribution in [0.1, 0.15) is 5.56 Å².